The quantitative estimate of drug-likeness (QED) is 0.187. The Kier molecular flexibility index (Phi) is 9.96. The minimum absolute atomic E-state index is 0.421. The summed E-state index contributed by atoms with van der Waals surface area (Å²) in [4.78, 5) is 58.5. The largest absolute Gasteiger partial charge is 0.480 e. The summed E-state index contributed by atoms with van der Waals surface area (Å²) in [6, 6.07) is -5.04. The van der Waals surface area contributed by atoms with Crippen molar-refractivity contribution in [3.05, 3.63) is 0 Å². The monoisotopic (exact) mass is 389 g/mol. The molecule has 0 aliphatic heterocycles. The number of nitrogens with one attached hydrogen (secondary N) is 3. The molecule has 12 heteroatoms. The molecule has 154 valence electrons. The number of aliphatic hydroxyl groups is 1. The number of nitrogens with two attached hydrogens (primary N) is 2. The number of amides is 4. The van der Waals surface area contributed by atoms with Crippen LogP contribution in [0.2, 0.25) is 0 Å². The van der Waals surface area contributed by atoms with Crippen LogP contribution in [0.1, 0.15) is 27.2 Å². The summed E-state index contributed by atoms with van der Waals surface area (Å²) in [5, 5.41) is 24.5. The molecule has 0 aromatic heterocycles. The third-order valence-corrected chi connectivity index (χ3v) is 3.55. The highest BCUT2D eigenvalue weighted by Gasteiger charge is 2.31. The number of aliphatic carboxylic acids is 1. The minimum Gasteiger partial charge on any atom is -0.480 e. The summed E-state index contributed by atoms with van der Waals surface area (Å²) < 4.78 is 0. The molecule has 0 aliphatic rings. The molecular formula is C15H27N5O7. The second-order valence-corrected chi connectivity index (χ2v) is 6.32. The number of carboxylic acid groups (broad SMARTS) is 1. The summed E-state index contributed by atoms with van der Waals surface area (Å²) >= 11 is 0. The van der Waals surface area contributed by atoms with Gasteiger partial charge in [0.25, 0.3) is 0 Å². The number of carbonyl (C=O) groups excluding carboxylic acids is 4. The molecule has 0 rings (SSSR count). The third-order valence-electron chi connectivity index (χ3n) is 3.55. The molecule has 0 heterocycles. The third kappa shape index (κ3) is 8.46. The molecule has 0 saturated carbocycles. The fourth-order valence-electron chi connectivity index (χ4n) is 1.93. The van der Waals surface area contributed by atoms with E-state index in [1.54, 1.807) is 13.8 Å². The average molecular weight is 389 g/mol. The highest BCUT2D eigenvalue weighted by molar-refractivity contribution is 5.96. The molecule has 4 unspecified atom stereocenters. The normalized spacial score (nSPS) is 15.2. The highest BCUT2D eigenvalue weighted by Crippen LogP contribution is 2.04. The topological polar surface area (TPSA) is 214 Å². The van der Waals surface area contributed by atoms with Crippen LogP contribution >= 0.6 is 0 Å². The van der Waals surface area contributed by atoms with E-state index < -0.39 is 72.7 Å². The van der Waals surface area contributed by atoms with Crippen LogP contribution in [0.15, 0.2) is 0 Å². The van der Waals surface area contributed by atoms with E-state index >= 15 is 0 Å². The molecule has 0 bridgehead atoms. The molecule has 4 atom stereocenters. The molecule has 0 spiro atoms. The molecule has 0 aliphatic carbocycles. The molecular weight excluding hydrogens is 362 g/mol. The first-order chi connectivity index (χ1) is 12.4. The van der Waals surface area contributed by atoms with E-state index in [0.29, 0.717) is 0 Å². The van der Waals surface area contributed by atoms with Crippen molar-refractivity contribution in [2.45, 2.75) is 51.4 Å². The van der Waals surface area contributed by atoms with E-state index in [0.717, 1.165) is 0 Å². The van der Waals surface area contributed by atoms with Crippen LogP contribution in [0.3, 0.4) is 0 Å². The lowest BCUT2D eigenvalue weighted by Crippen LogP contribution is -2.59. The predicted molar refractivity (Wildman–Crippen MR) is 92.8 cm³/mol. The zero-order valence-electron chi connectivity index (χ0n) is 15.4. The number of primary amides is 1. The predicted octanol–water partition coefficient (Wildman–Crippen LogP) is -3.60. The van der Waals surface area contributed by atoms with Crippen LogP contribution in [-0.2, 0) is 24.0 Å². The van der Waals surface area contributed by atoms with Crippen molar-refractivity contribution in [2.24, 2.45) is 17.4 Å². The first kappa shape index (κ1) is 24.3. The highest BCUT2D eigenvalue weighted by atomic mass is 16.4. The van der Waals surface area contributed by atoms with Crippen LogP contribution in [0.25, 0.3) is 0 Å². The second-order valence-electron chi connectivity index (χ2n) is 6.32. The Bertz CT molecular complexity index is 581. The van der Waals surface area contributed by atoms with Gasteiger partial charge in [-0.1, -0.05) is 13.8 Å². The maximum atomic E-state index is 12.5. The van der Waals surface area contributed by atoms with E-state index in [-0.39, 0.29) is 0 Å². The van der Waals surface area contributed by atoms with Gasteiger partial charge in [-0.25, -0.2) is 0 Å². The molecule has 0 aromatic rings. The molecule has 0 fully saturated rings. The summed E-state index contributed by atoms with van der Waals surface area (Å²) in [6.07, 6.45) is -0.571. The van der Waals surface area contributed by atoms with Gasteiger partial charge in [0.2, 0.25) is 23.6 Å². The average Bonchev–Trinajstić information content (AvgIpc) is 2.56. The Morgan fingerprint density at radius 3 is 1.89 bits per heavy atom. The van der Waals surface area contributed by atoms with E-state index in [9.17, 15) is 24.0 Å². The van der Waals surface area contributed by atoms with Crippen LogP contribution in [0.5, 0.6) is 0 Å². The molecule has 0 radical (unpaired) electrons. The van der Waals surface area contributed by atoms with Crippen molar-refractivity contribution >= 4 is 29.6 Å². The summed E-state index contributed by atoms with van der Waals surface area (Å²) in [5.74, 6) is -5.12. The Hall–Kier alpha value is -2.73. The minimum atomic E-state index is -1.43. The summed E-state index contributed by atoms with van der Waals surface area (Å²) in [6.45, 7) is 3.81. The zero-order valence-corrected chi connectivity index (χ0v) is 15.4. The van der Waals surface area contributed by atoms with Crippen LogP contribution in [0, 0.1) is 5.92 Å². The molecule has 12 nitrogen and oxygen atoms in total. The Morgan fingerprint density at radius 2 is 1.48 bits per heavy atom. The van der Waals surface area contributed by atoms with Crippen molar-refractivity contribution in [3.63, 3.8) is 0 Å². The van der Waals surface area contributed by atoms with Gasteiger partial charge in [-0.3, -0.25) is 24.0 Å². The van der Waals surface area contributed by atoms with Gasteiger partial charge in [0.1, 0.15) is 24.2 Å². The van der Waals surface area contributed by atoms with Crippen LogP contribution in [0.4, 0.5) is 0 Å². The van der Waals surface area contributed by atoms with E-state index in [1.807, 2.05) is 0 Å². The van der Waals surface area contributed by atoms with Crippen LogP contribution in [-0.4, -0.2) is 70.6 Å². The molecule has 4 amide bonds. The van der Waals surface area contributed by atoms with E-state index in [2.05, 4.69) is 16.0 Å². The van der Waals surface area contributed by atoms with Gasteiger partial charge in [0.05, 0.1) is 13.0 Å². The van der Waals surface area contributed by atoms with Gasteiger partial charge >= 0.3 is 5.97 Å². The van der Waals surface area contributed by atoms with E-state index in [4.69, 9.17) is 21.7 Å². The van der Waals surface area contributed by atoms with Gasteiger partial charge in [-0.05, 0) is 12.8 Å². The van der Waals surface area contributed by atoms with Crippen molar-refractivity contribution in [3.8, 4) is 0 Å². The number of hydrogen-bond donors (Lipinski definition) is 7. The first-order valence-corrected chi connectivity index (χ1v) is 8.19. The van der Waals surface area contributed by atoms with Crippen molar-refractivity contribution in [2.75, 3.05) is 6.61 Å². The van der Waals surface area contributed by atoms with Crippen molar-refractivity contribution in [1.29, 1.82) is 0 Å². The lowest BCUT2D eigenvalue weighted by molar-refractivity contribution is -0.142. The zero-order chi connectivity index (χ0) is 21.3. The van der Waals surface area contributed by atoms with Gasteiger partial charge in [-0.15, -0.1) is 0 Å². The smallest absolute Gasteiger partial charge is 0.325 e. The Labute approximate surface area is 156 Å². The SMILES string of the molecule is CC(NC(=O)C(CC(N)=O)NC(=O)C(NC(=O)C(N)CO)C(C)C)C(=O)O. The summed E-state index contributed by atoms with van der Waals surface area (Å²) in [5.41, 5.74) is 10.5. The lowest BCUT2D eigenvalue weighted by Gasteiger charge is -2.26. The molecule has 0 aromatic carbocycles. The molecule has 27 heavy (non-hydrogen) atoms. The fourth-order valence-corrected chi connectivity index (χ4v) is 1.93. The number of carboxylic acids is 1. The maximum Gasteiger partial charge on any atom is 0.325 e. The van der Waals surface area contributed by atoms with Gasteiger partial charge in [0.15, 0.2) is 0 Å². The number of hydrogen-bond acceptors (Lipinski definition) is 7. The van der Waals surface area contributed by atoms with Gasteiger partial charge in [-0.2, -0.15) is 0 Å². The number of rotatable bonds is 11. The number of carbonyl (C=O) groups is 5. The second kappa shape index (κ2) is 11.1. The van der Waals surface area contributed by atoms with E-state index in [1.165, 1.54) is 6.92 Å². The molecule has 0 saturated heterocycles. The lowest BCUT2D eigenvalue weighted by atomic mass is 10.0. The number of aliphatic hydroxyl groups excluding tert-OH is 1. The van der Waals surface area contributed by atoms with Crippen molar-refractivity contribution < 1.29 is 34.2 Å². The standard InChI is InChI=1S/C15H27N5O7/c1-6(2)11(20-12(23)8(16)5-21)14(25)19-9(4-10(17)22)13(24)18-7(3)15(26)27/h6-9,11,21H,4-5,16H2,1-3H3,(H2,17,22)(H,18,24)(H,19,25)(H,20,23)(H,26,27). The Balaban J connectivity index is 5.26. The first-order valence-electron chi connectivity index (χ1n) is 8.19. The van der Waals surface area contributed by atoms with Gasteiger partial charge in [0, 0.05) is 0 Å². The van der Waals surface area contributed by atoms with Crippen LogP contribution < -0.4 is 27.4 Å². The summed E-state index contributed by atoms with van der Waals surface area (Å²) in [7, 11) is 0. The maximum absolute atomic E-state index is 12.5. The van der Waals surface area contributed by atoms with Crippen molar-refractivity contribution in [1.82, 2.24) is 16.0 Å². The van der Waals surface area contributed by atoms with Gasteiger partial charge < -0.3 is 37.6 Å². The Morgan fingerprint density at radius 1 is 0.926 bits per heavy atom. The fraction of sp³-hybridized carbons (Fsp3) is 0.667. The molecule has 9 N–H and O–H groups in total.